The van der Waals surface area contributed by atoms with Crippen LogP contribution in [0.3, 0.4) is 0 Å². The summed E-state index contributed by atoms with van der Waals surface area (Å²) in [7, 11) is 0. The highest BCUT2D eigenvalue weighted by Crippen LogP contribution is 2.35. The fraction of sp³-hybridized carbons (Fsp3) is 0.417. The van der Waals surface area contributed by atoms with Gasteiger partial charge in [0.15, 0.2) is 5.82 Å². The number of piperidine rings is 1. The lowest BCUT2D eigenvalue weighted by Crippen LogP contribution is -2.41. The van der Waals surface area contributed by atoms with Crippen LogP contribution in [-0.2, 0) is 16.1 Å². The molecule has 6 nitrogen and oxygen atoms in total. The van der Waals surface area contributed by atoms with Crippen LogP contribution in [0, 0.1) is 11.6 Å². The fourth-order valence-corrected chi connectivity index (χ4v) is 3.59. The largest absolute Gasteiger partial charge is 0.444 e. The molecule has 2 amide bonds. The number of nitrogens with zero attached hydrogens (tertiary/aromatic N) is 1. The molecular formula is C24H28F2N2O4. The minimum atomic E-state index is -0.829. The van der Waals surface area contributed by atoms with E-state index in [0.717, 1.165) is 11.6 Å². The number of likely N-dealkylation sites (tertiary alicyclic amines) is 1. The number of ether oxygens (including phenoxy) is 2. The predicted molar refractivity (Wildman–Crippen MR) is 116 cm³/mol. The molecule has 0 bridgehead atoms. The second-order valence-corrected chi connectivity index (χ2v) is 8.75. The van der Waals surface area contributed by atoms with Gasteiger partial charge in [-0.2, -0.15) is 0 Å². The monoisotopic (exact) mass is 446 g/mol. The van der Waals surface area contributed by atoms with Gasteiger partial charge in [0.25, 0.3) is 0 Å². The van der Waals surface area contributed by atoms with Crippen molar-refractivity contribution in [1.82, 2.24) is 4.90 Å². The molecule has 2 aromatic carbocycles. The summed E-state index contributed by atoms with van der Waals surface area (Å²) < 4.78 is 40.1. The number of carbonyl (C=O) groups is 2. The van der Waals surface area contributed by atoms with Gasteiger partial charge >= 0.3 is 12.2 Å². The maximum atomic E-state index is 15.1. The predicted octanol–water partition coefficient (Wildman–Crippen LogP) is 5.83. The van der Waals surface area contributed by atoms with Crippen molar-refractivity contribution < 1.29 is 27.8 Å². The molecule has 1 aliphatic rings. The minimum absolute atomic E-state index is 0.0332. The SMILES string of the molecule is CC(C)(C)OC(=O)N1CCC(c2c(F)ccc(NC(=O)OCc3ccccc3)c2F)CC1. The third-order valence-electron chi connectivity index (χ3n) is 5.13. The highest BCUT2D eigenvalue weighted by Gasteiger charge is 2.31. The molecule has 0 aliphatic carbocycles. The molecule has 1 heterocycles. The molecule has 1 fully saturated rings. The van der Waals surface area contributed by atoms with Crippen LogP contribution >= 0.6 is 0 Å². The van der Waals surface area contributed by atoms with Gasteiger partial charge in [0.1, 0.15) is 18.0 Å². The molecule has 0 radical (unpaired) electrons. The molecule has 1 saturated heterocycles. The number of rotatable bonds is 4. The Labute approximate surface area is 186 Å². The standard InChI is InChI=1S/C24H28F2N2O4/c1-24(2,3)32-23(30)28-13-11-17(12-14-28)20-18(25)9-10-19(21(20)26)27-22(29)31-15-16-7-5-4-6-8-16/h4-10,17H,11-15H2,1-3H3,(H,27,29). The van der Waals surface area contributed by atoms with Gasteiger partial charge in [0.2, 0.25) is 0 Å². The summed E-state index contributed by atoms with van der Waals surface area (Å²) in [6.45, 7) is 6.04. The summed E-state index contributed by atoms with van der Waals surface area (Å²) in [5.41, 5.74) is -0.0512. The topological polar surface area (TPSA) is 67.9 Å². The maximum absolute atomic E-state index is 15.1. The average Bonchev–Trinajstić information content (AvgIpc) is 2.74. The fourth-order valence-electron chi connectivity index (χ4n) is 3.59. The molecule has 0 saturated carbocycles. The van der Waals surface area contributed by atoms with Crippen molar-refractivity contribution in [3.63, 3.8) is 0 Å². The van der Waals surface area contributed by atoms with E-state index >= 15 is 4.39 Å². The van der Waals surface area contributed by atoms with Gasteiger partial charge in [-0.05, 0) is 57.2 Å². The molecule has 8 heteroatoms. The van der Waals surface area contributed by atoms with Gasteiger partial charge in [-0.3, -0.25) is 5.32 Å². The Morgan fingerprint density at radius 1 is 1.06 bits per heavy atom. The summed E-state index contributed by atoms with van der Waals surface area (Å²) in [6.07, 6.45) is -0.497. The van der Waals surface area contributed by atoms with Crippen LogP contribution < -0.4 is 5.32 Å². The Hall–Kier alpha value is -3.16. The third-order valence-corrected chi connectivity index (χ3v) is 5.13. The molecule has 0 atom stereocenters. The van der Waals surface area contributed by atoms with Gasteiger partial charge < -0.3 is 14.4 Å². The average molecular weight is 446 g/mol. The van der Waals surface area contributed by atoms with E-state index in [4.69, 9.17) is 9.47 Å². The number of hydrogen-bond donors (Lipinski definition) is 1. The summed E-state index contributed by atoms with van der Waals surface area (Å²) in [4.78, 5) is 25.9. The van der Waals surface area contributed by atoms with E-state index in [0.29, 0.717) is 25.9 Å². The van der Waals surface area contributed by atoms with Gasteiger partial charge in [-0.15, -0.1) is 0 Å². The van der Waals surface area contributed by atoms with Crippen LogP contribution in [0.4, 0.5) is 24.1 Å². The van der Waals surface area contributed by atoms with E-state index < -0.39 is 35.3 Å². The summed E-state index contributed by atoms with van der Waals surface area (Å²) in [5.74, 6) is -1.92. The first-order chi connectivity index (χ1) is 15.1. The Balaban J connectivity index is 1.62. The molecule has 1 aliphatic heterocycles. The molecule has 32 heavy (non-hydrogen) atoms. The summed E-state index contributed by atoms with van der Waals surface area (Å²) in [6, 6.07) is 11.4. The van der Waals surface area contributed by atoms with Crippen molar-refractivity contribution in [2.75, 3.05) is 18.4 Å². The van der Waals surface area contributed by atoms with E-state index in [9.17, 15) is 14.0 Å². The molecule has 0 spiro atoms. The zero-order valence-electron chi connectivity index (χ0n) is 18.5. The van der Waals surface area contributed by atoms with Crippen LogP contribution in [-0.4, -0.2) is 35.8 Å². The van der Waals surface area contributed by atoms with Gasteiger partial charge in [-0.1, -0.05) is 30.3 Å². The van der Waals surface area contributed by atoms with Crippen molar-refractivity contribution in [1.29, 1.82) is 0 Å². The van der Waals surface area contributed by atoms with Crippen molar-refractivity contribution in [2.24, 2.45) is 0 Å². The third kappa shape index (κ3) is 6.18. The molecule has 0 unspecified atom stereocenters. The molecule has 172 valence electrons. The quantitative estimate of drug-likeness (QED) is 0.642. The Morgan fingerprint density at radius 2 is 1.72 bits per heavy atom. The highest BCUT2D eigenvalue weighted by molar-refractivity contribution is 5.85. The minimum Gasteiger partial charge on any atom is -0.444 e. The number of anilines is 1. The van der Waals surface area contributed by atoms with Crippen molar-refractivity contribution in [2.45, 2.75) is 51.7 Å². The van der Waals surface area contributed by atoms with Gasteiger partial charge in [0.05, 0.1) is 5.69 Å². The molecule has 1 N–H and O–H groups in total. The van der Waals surface area contributed by atoms with E-state index in [1.165, 1.54) is 6.07 Å². The van der Waals surface area contributed by atoms with Crippen LogP contribution in [0.2, 0.25) is 0 Å². The first kappa shape index (κ1) is 23.5. The van der Waals surface area contributed by atoms with Crippen molar-refractivity contribution in [3.05, 3.63) is 65.2 Å². The van der Waals surface area contributed by atoms with Crippen LogP contribution in [0.1, 0.15) is 50.7 Å². The normalized spacial score (nSPS) is 14.7. The molecule has 0 aromatic heterocycles. The molecular weight excluding hydrogens is 418 g/mol. The Bertz CT molecular complexity index is 952. The van der Waals surface area contributed by atoms with Crippen LogP contribution in [0.5, 0.6) is 0 Å². The van der Waals surface area contributed by atoms with Gasteiger partial charge in [-0.25, -0.2) is 18.4 Å². The first-order valence-corrected chi connectivity index (χ1v) is 10.6. The van der Waals surface area contributed by atoms with Crippen molar-refractivity contribution >= 4 is 17.9 Å². The highest BCUT2D eigenvalue weighted by atomic mass is 19.1. The number of nitrogens with one attached hydrogen (secondary N) is 1. The zero-order valence-corrected chi connectivity index (χ0v) is 18.5. The number of benzene rings is 2. The Morgan fingerprint density at radius 3 is 2.34 bits per heavy atom. The maximum Gasteiger partial charge on any atom is 0.412 e. The Kier molecular flexibility index (Phi) is 7.33. The zero-order chi connectivity index (χ0) is 23.3. The number of hydrogen-bond acceptors (Lipinski definition) is 4. The van der Waals surface area contributed by atoms with E-state index in [1.807, 2.05) is 18.2 Å². The molecule has 2 aromatic rings. The lowest BCUT2D eigenvalue weighted by atomic mass is 9.88. The second kappa shape index (κ2) is 9.97. The smallest absolute Gasteiger partial charge is 0.412 e. The van der Waals surface area contributed by atoms with Crippen molar-refractivity contribution in [3.8, 4) is 0 Å². The summed E-state index contributed by atoms with van der Waals surface area (Å²) in [5, 5.41) is 2.35. The first-order valence-electron chi connectivity index (χ1n) is 10.6. The van der Waals surface area contributed by atoms with E-state index in [1.54, 1.807) is 37.8 Å². The number of carbonyl (C=O) groups excluding carboxylic acids is 2. The van der Waals surface area contributed by atoms with Gasteiger partial charge in [0, 0.05) is 18.7 Å². The lowest BCUT2D eigenvalue weighted by molar-refractivity contribution is 0.0203. The second-order valence-electron chi connectivity index (χ2n) is 8.75. The number of amides is 2. The van der Waals surface area contributed by atoms with E-state index in [2.05, 4.69) is 5.32 Å². The van der Waals surface area contributed by atoms with Crippen LogP contribution in [0.25, 0.3) is 0 Å². The summed E-state index contributed by atoms with van der Waals surface area (Å²) >= 11 is 0. The molecule has 3 rings (SSSR count). The number of halogens is 2. The lowest BCUT2D eigenvalue weighted by Gasteiger charge is -2.34. The van der Waals surface area contributed by atoms with Crippen LogP contribution in [0.15, 0.2) is 42.5 Å². The van der Waals surface area contributed by atoms with E-state index in [-0.39, 0.29) is 17.9 Å².